The summed E-state index contributed by atoms with van der Waals surface area (Å²) in [4.78, 5) is 26.3. The van der Waals surface area contributed by atoms with E-state index in [0.29, 0.717) is 50.4 Å². The summed E-state index contributed by atoms with van der Waals surface area (Å²) in [5, 5.41) is 15.6. The molecule has 0 spiro atoms. The number of amides is 3. The zero-order valence-corrected chi connectivity index (χ0v) is 14.9. The van der Waals surface area contributed by atoms with Gasteiger partial charge in [0.05, 0.1) is 18.8 Å². The fraction of sp³-hybridized carbons (Fsp3) is 0.556. The third-order valence-electron chi connectivity index (χ3n) is 4.56. The van der Waals surface area contributed by atoms with Crippen molar-refractivity contribution in [3.8, 4) is 0 Å². The Hall–Kier alpha value is -2.12. The van der Waals surface area contributed by atoms with Crippen LogP contribution in [0.5, 0.6) is 0 Å². The largest absolute Gasteiger partial charge is 0.388 e. The van der Waals surface area contributed by atoms with Crippen LogP contribution in [-0.2, 0) is 4.74 Å². The van der Waals surface area contributed by atoms with E-state index in [1.807, 2.05) is 13.8 Å². The van der Waals surface area contributed by atoms with Crippen molar-refractivity contribution < 1.29 is 19.4 Å². The van der Waals surface area contributed by atoms with Crippen molar-refractivity contribution in [1.29, 1.82) is 0 Å². The first-order valence-electron chi connectivity index (χ1n) is 8.72. The van der Waals surface area contributed by atoms with Crippen LogP contribution in [0.1, 0.15) is 37.0 Å². The highest BCUT2D eigenvalue weighted by Gasteiger charge is 2.23. The molecule has 0 aromatic heterocycles. The molecule has 0 atom stereocenters. The fourth-order valence-corrected chi connectivity index (χ4v) is 2.60. The van der Waals surface area contributed by atoms with Crippen molar-refractivity contribution in [1.82, 2.24) is 10.2 Å². The minimum atomic E-state index is -0.897. The summed E-state index contributed by atoms with van der Waals surface area (Å²) in [5.41, 5.74) is 0.164. The molecule has 1 aliphatic heterocycles. The van der Waals surface area contributed by atoms with Crippen molar-refractivity contribution in [3.05, 3.63) is 29.8 Å². The SMILES string of the molecule is CCC(O)(CC)CNC(=O)Nc1cccc(C(=O)N2CCOCC2)c1. The normalized spacial score (nSPS) is 14.9. The van der Waals surface area contributed by atoms with E-state index >= 15 is 0 Å². The molecule has 1 aromatic carbocycles. The minimum Gasteiger partial charge on any atom is -0.388 e. The molecule has 0 bridgehead atoms. The average Bonchev–Trinajstić information content (AvgIpc) is 2.66. The molecule has 25 heavy (non-hydrogen) atoms. The second-order valence-electron chi connectivity index (χ2n) is 6.22. The smallest absolute Gasteiger partial charge is 0.319 e. The molecule has 0 saturated carbocycles. The van der Waals surface area contributed by atoms with Gasteiger partial charge < -0.3 is 25.4 Å². The van der Waals surface area contributed by atoms with E-state index in [4.69, 9.17) is 4.74 Å². The lowest BCUT2D eigenvalue weighted by Crippen LogP contribution is -2.43. The lowest BCUT2D eigenvalue weighted by atomic mass is 9.98. The Bertz CT molecular complexity index is 596. The van der Waals surface area contributed by atoms with Crippen LogP contribution in [0, 0.1) is 0 Å². The number of urea groups is 1. The highest BCUT2D eigenvalue weighted by atomic mass is 16.5. The zero-order chi connectivity index (χ0) is 18.3. The van der Waals surface area contributed by atoms with Crippen LogP contribution < -0.4 is 10.6 Å². The maximum Gasteiger partial charge on any atom is 0.319 e. The molecule has 7 nitrogen and oxygen atoms in total. The van der Waals surface area contributed by atoms with E-state index in [9.17, 15) is 14.7 Å². The summed E-state index contributed by atoms with van der Waals surface area (Å²) >= 11 is 0. The van der Waals surface area contributed by atoms with Crippen LogP contribution in [0.15, 0.2) is 24.3 Å². The molecular weight excluding hydrogens is 322 g/mol. The van der Waals surface area contributed by atoms with Crippen molar-refractivity contribution in [2.45, 2.75) is 32.3 Å². The molecule has 1 aliphatic rings. The Kier molecular flexibility index (Phi) is 6.78. The van der Waals surface area contributed by atoms with Gasteiger partial charge >= 0.3 is 6.03 Å². The number of carbonyl (C=O) groups excluding carboxylic acids is 2. The molecule has 0 unspecified atom stereocenters. The second kappa shape index (κ2) is 8.82. The summed E-state index contributed by atoms with van der Waals surface area (Å²) < 4.78 is 5.26. The standard InChI is InChI=1S/C18H27N3O4/c1-3-18(24,4-2)13-19-17(23)20-15-7-5-6-14(12-15)16(22)21-8-10-25-11-9-21/h5-7,12,24H,3-4,8-11,13H2,1-2H3,(H2,19,20,23). The number of hydrogen-bond acceptors (Lipinski definition) is 4. The van der Waals surface area contributed by atoms with Crippen LogP contribution in [-0.4, -0.2) is 60.4 Å². The highest BCUT2D eigenvalue weighted by molar-refractivity contribution is 5.97. The van der Waals surface area contributed by atoms with Crippen LogP contribution in [0.4, 0.5) is 10.5 Å². The number of aliphatic hydroxyl groups is 1. The van der Waals surface area contributed by atoms with Crippen molar-refractivity contribution in [3.63, 3.8) is 0 Å². The molecule has 3 N–H and O–H groups in total. The average molecular weight is 349 g/mol. The number of hydrogen-bond donors (Lipinski definition) is 3. The number of nitrogens with zero attached hydrogens (tertiary/aromatic N) is 1. The molecule has 0 aliphatic carbocycles. The molecule has 2 rings (SSSR count). The fourth-order valence-electron chi connectivity index (χ4n) is 2.60. The Labute approximate surface area is 148 Å². The molecule has 1 heterocycles. The van der Waals surface area contributed by atoms with Gasteiger partial charge in [-0.25, -0.2) is 4.79 Å². The first kappa shape index (κ1) is 19.2. The number of benzene rings is 1. The van der Waals surface area contributed by atoms with Crippen molar-refractivity contribution in [2.75, 3.05) is 38.2 Å². The second-order valence-corrected chi connectivity index (χ2v) is 6.22. The van der Waals surface area contributed by atoms with Gasteiger partial charge in [0.1, 0.15) is 0 Å². The summed E-state index contributed by atoms with van der Waals surface area (Å²) in [6, 6.07) is 6.44. The number of morpholine rings is 1. The summed E-state index contributed by atoms with van der Waals surface area (Å²) in [7, 11) is 0. The van der Waals surface area contributed by atoms with Gasteiger partial charge in [0.2, 0.25) is 0 Å². The number of rotatable bonds is 6. The van der Waals surface area contributed by atoms with Gasteiger partial charge in [0.15, 0.2) is 0 Å². The lowest BCUT2D eigenvalue weighted by Gasteiger charge is -2.27. The van der Waals surface area contributed by atoms with Gasteiger partial charge in [0.25, 0.3) is 5.91 Å². The van der Waals surface area contributed by atoms with E-state index in [1.165, 1.54) is 0 Å². The number of ether oxygens (including phenoxy) is 1. The third kappa shape index (κ3) is 5.44. The Morgan fingerprint density at radius 2 is 1.92 bits per heavy atom. The van der Waals surface area contributed by atoms with Gasteiger partial charge in [-0.3, -0.25) is 4.79 Å². The topological polar surface area (TPSA) is 90.9 Å². The maximum atomic E-state index is 12.5. The van der Waals surface area contributed by atoms with Crippen LogP contribution in [0.25, 0.3) is 0 Å². The molecule has 1 aromatic rings. The quantitative estimate of drug-likeness (QED) is 0.731. The Balaban J connectivity index is 1.94. The molecule has 1 fully saturated rings. The number of carbonyl (C=O) groups is 2. The van der Waals surface area contributed by atoms with Crippen LogP contribution in [0.2, 0.25) is 0 Å². The predicted molar refractivity (Wildman–Crippen MR) is 95.7 cm³/mol. The monoisotopic (exact) mass is 349 g/mol. The Morgan fingerprint density at radius 3 is 2.56 bits per heavy atom. The van der Waals surface area contributed by atoms with E-state index in [0.717, 1.165) is 0 Å². The summed E-state index contributed by atoms with van der Waals surface area (Å²) in [6.45, 7) is 6.17. The van der Waals surface area contributed by atoms with Gasteiger partial charge in [0, 0.05) is 30.9 Å². The molecule has 0 radical (unpaired) electrons. The van der Waals surface area contributed by atoms with Crippen molar-refractivity contribution >= 4 is 17.6 Å². The third-order valence-corrected chi connectivity index (χ3v) is 4.56. The molecular formula is C18H27N3O4. The van der Waals surface area contributed by atoms with Gasteiger partial charge in [-0.1, -0.05) is 19.9 Å². The lowest BCUT2D eigenvalue weighted by molar-refractivity contribution is 0.0303. The Morgan fingerprint density at radius 1 is 1.24 bits per heavy atom. The highest BCUT2D eigenvalue weighted by Crippen LogP contribution is 2.15. The zero-order valence-electron chi connectivity index (χ0n) is 14.9. The van der Waals surface area contributed by atoms with E-state index in [2.05, 4.69) is 10.6 Å². The molecule has 138 valence electrons. The van der Waals surface area contributed by atoms with Crippen molar-refractivity contribution in [2.24, 2.45) is 0 Å². The molecule has 7 heteroatoms. The minimum absolute atomic E-state index is 0.0706. The van der Waals surface area contributed by atoms with Gasteiger partial charge in [-0.05, 0) is 31.0 Å². The first-order valence-corrected chi connectivity index (χ1v) is 8.72. The molecule has 3 amide bonds. The molecule has 1 saturated heterocycles. The summed E-state index contributed by atoms with van der Waals surface area (Å²) in [5.74, 6) is -0.0706. The summed E-state index contributed by atoms with van der Waals surface area (Å²) in [6.07, 6.45) is 1.13. The van der Waals surface area contributed by atoms with Gasteiger partial charge in [-0.15, -0.1) is 0 Å². The van der Waals surface area contributed by atoms with Crippen LogP contribution >= 0.6 is 0 Å². The van der Waals surface area contributed by atoms with E-state index in [-0.39, 0.29) is 12.5 Å². The predicted octanol–water partition coefficient (Wildman–Crippen LogP) is 1.83. The number of anilines is 1. The van der Waals surface area contributed by atoms with Crippen LogP contribution in [0.3, 0.4) is 0 Å². The first-order chi connectivity index (χ1) is 12.0. The van der Waals surface area contributed by atoms with E-state index < -0.39 is 11.6 Å². The number of nitrogens with one attached hydrogen (secondary N) is 2. The van der Waals surface area contributed by atoms with Gasteiger partial charge in [-0.2, -0.15) is 0 Å². The van der Waals surface area contributed by atoms with E-state index in [1.54, 1.807) is 29.2 Å². The maximum absolute atomic E-state index is 12.5.